The van der Waals surface area contributed by atoms with E-state index in [9.17, 15) is 9.59 Å². The number of aromatic nitrogens is 1. The van der Waals surface area contributed by atoms with E-state index in [1.807, 2.05) is 23.1 Å². The zero-order valence-corrected chi connectivity index (χ0v) is 20.8. The summed E-state index contributed by atoms with van der Waals surface area (Å²) in [4.78, 5) is 29.6. The van der Waals surface area contributed by atoms with Crippen molar-refractivity contribution >= 4 is 28.6 Å². The summed E-state index contributed by atoms with van der Waals surface area (Å²) >= 11 is 0. The zero-order valence-electron chi connectivity index (χ0n) is 20.8. The highest BCUT2D eigenvalue weighted by Crippen LogP contribution is 2.29. The molecule has 9 nitrogen and oxygen atoms in total. The van der Waals surface area contributed by atoms with Crippen LogP contribution in [0.2, 0.25) is 0 Å². The maximum absolute atomic E-state index is 13.5. The lowest BCUT2D eigenvalue weighted by atomic mass is 10.1. The first-order valence-electron chi connectivity index (χ1n) is 12.8. The van der Waals surface area contributed by atoms with E-state index in [-0.39, 0.29) is 36.3 Å². The van der Waals surface area contributed by atoms with Crippen LogP contribution in [0.15, 0.2) is 29.4 Å². The molecule has 35 heavy (non-hydrogen) atoms. The SMILES string of the molecule is CCOC(=O)CN1CCC[C@@H]1C(=O)N1CCC[C@H]1CCc1cc2ccc(/C(N)=N/O)cc2n1CC. The van der Waals surface area contributed by atoms with Crippen LogP contribution in [0.3, 0.4) is 0 Å². The highest BCUT2D eigenvalue weighted by Gasteiger charge is 2.38. The van der Waals surface area contributed by atoms with Gasteiger partial charge in [-0.15, -0.1) is 0 Å². The van der Waals surface area contributed by atoms with Crippen molar-refractivity contribution in [3.05, 3.63) is 35.5 Å². The van der Waals surface area contributed by atoms with E-state index in [1.165, 1.54) is 5.69 Å². The molecule has 0 unspecified atom stereocenters. The second kappa shape index (κ2) is 11.1. The highest BCUT2D eigenvalue weighted by molar-refractivity contribution is 6.00. The van der Waals surface area contributed by atoms with Gasteiger partial charge in [0.1, 0.15) is 0 Å². The van der Waals surface area contributed by atoms with Gasteiger partial charge in [-0.2, -0.15) is 0 Å². The van der Waals surface area contributed by atoms with E-state index in [0.717, 1.165) is 69.1 Å². The Kier molecular flexibility index (Phi) is 7.95. The average molecular weight is 484 g/mol. The van der Waals surface area contributed by atoms with Gasteiger partial charge in [0.15, 0.2) is 5.84 Å². The van der Waals surface area contributed by atoms with Gasteiger partial charge in [-0.25, -0.2) is 0 Å². The lowest BCUT2D eigenvalue weighted by Gasteiger charge is -2.31. The number of likely N-dealkylation sites (tertiary alicyclic amines) is 2. The zero-order chi connectivity index (χ0) is 24.9. The number of benzene rings is 1. The second-order valence-electron chi connectivity index (χ2n) is 9.44. The Labute approximate surface area is 206 Å². The third-order valence-electron chi connectivity index (χ3n) is 7.39. The molecular weight excluding hydrogens is 446 g/mol. The van der Waals surface area contributed by atoms with Gasteiger partial charge >= 0.3 is 5.97 Å². The number of oxime groups is 1. The van der Waals surface area contributed by atoms with Crippen molar-refractivity contribution in [2.75, 3.05) is 26.2 Å². The largest absolute Gasteiger partial charge is 0.465 e. The quantitative estimate of drug-likeness (QED) is 0.186. The molecule has 0 spiro atoms. The molecule has 1 aromatic carbocycles. The minimum atomic E-state index is -0.257. The van der Waals surface area contributed by atoms with Crippen LogP contribution < -0.4 is 5.73 Å². The number of carbonyl (C=O) groups is 2. The summed E-state index contributed by atoms with van der Waals surface area (Å²) in [5, 5.41) is 13.3. The summed E-state index contributed by atoms with van der Waals surface area (Å²) in [6.07, 6.45) is 5.52. The number of amides is 1. The van der Waals surface area contributed by atoms with Crippen LogP contribution in [0, 0.1) is 0 Å². The molecule has 1 aromatic heterocycles. The highest BCUT2D eigenvalue weighted by atomic mass is 16.5. The van der Waals surface area contributed by atoms with Gasteiger partial charge in [0, 0.05) is 35.9 Å². The maximum atomic E-state index is 13.5. The van der Waals surface area contributed by atoms with Gasteiger partial charge in [-0.3, -0.25) is 14.5 Å². The van der Waals surface area contributed by atoms with E-state index in [4.69, 9.17) is 15.7 Å². The van der Waals surface area contributed by atoms with Crippen LogP contribution >= 0.6 is 0 Å². The van der Waals surface area contributed by atoms with Crippen LogP contribution in [0.4, 0.5) is 0 Å². The fourth-order valence-corrected chi connectivity index (χ4v) is 5.71. The lowest BCUT2D eigenvalue weighted by molar-refractivity contribution is -0.146. The fraction of sp³-hybridized carbons (Fsp3) is 0.577. The minimum absolute atomic E-state index is 0.0985. The summed E-state index contributed by atoms with van der Waals surface area (Å²) in [5.74, 6) is 0.00260. The number of carbonyl (C=O) groups excluding carboxylic acids is 2. The monoisotopic (exact) mass is 483 g/mol. The Morgan fingerprint density at radius 1 is 1.17 bits per heavy atom. The molecule has 190 valence electrons. The van der Waals surface area contributed by atoms with Gasteiger partial charge in [0.2, 0.25) is 5.91 Å². The number of rotatable bonds is 9. The van der Waals surface area contributed by atoms with Crippen molar-refractivity contribution in [1.29, 1.82) is 0 Å². The molecule has 3 N–H and O–H groups in total. The number of nitrogens with two attached hydrogens (primary N) is 1. The van der Waals surface area contributed by atoms with E-state index in [1.54, 1.807) is 6.92 Å². The van der Waals surface area contributed by atoms with Crippen molar-refractivity contribution in [3.8, 4) is 0 Å². The number of hydrogen-bond acceptors (Lipinski definition) is 6. The smallest absolute Gasteiger partial charge is 0.320 e. The predicted molar refractivity (Wildman–Crippen MR) is 134 cm³/mol. The minimum Gasteiger partial charge on any atom is -0.465 e. The van der Waals surface area contributed by atoms with Crippen molar-refractivity contribution < 1.29 is 19.5 Å². The third kappa shape index (κ3) is 5.29. The van der Waals surface area contributed by atoms with Crippen LogP contribution in [0.1, 0.15) is 57.2 Å². The lowest BCUT2D eigenvalue weighted by Crippen LogP contribution is -2.48. The molecule has 0 aliphatic carbocycles. The van der Waals surface area contributed by atoms with Gasteiger partial charge in [-0.05, 0) is 76.4 Å². The van der Waals surface area contributed by atoms with E-state index < -0.39 is 0 Å². The first-order valence-corrected chi connectivity index (χ1v) is 12.8. The molecule has 2 aliphatic rings. The van der Waals surface area contributed by atoms with Crippen molar-refractivity contribution in [2.24, 2.45) is 10.9 Å². The average Bonchev–Trinajstić information content (AvgIpc) is 3.59. The third-order valence-corrected chi connectivity index (χ3v) is 7.39. The van der Waals surface area contributed by atoms with Crippen molar-refractivity contribution in [3.63, 3.8) is 0 Å². The van der Waals surface area contributed by atoms with Gasteiger partial charge in [-0.1, -0.05) is 17.3 Å². The van der Waals surface area contributed by atoms with Crippen LogP contribution in [-0.2, 0) is 27.3 Å². The molecule has 0 bridgehead atoms. The van der Waals surface area contributed by atoms with E-state index >= 15 is 0 Å². The predicted octanol–water partition coefficient (Wildman–Crippen LogP) is 2.71. The molecule has 0 saturated carbocycles. The maximum Gasteiger partial charge on any atom is 0.320 e. The van der Waals surface area contributed by atoms with E-state index in [0.29, 0.717) is 12.2 Å². The Hall–Kier alpha value is -3.07. The number of aryl methyl sites for hydroxylation is 2. The van der Waals surface area contributed by atoms with Crippen LogP contribution in [-0.4, -0.2) is 75.6 Å². The molecule has 2 saturated heterocycles. The molecule has 2 aromatic rings. The molecule has 0 radical (unpaired) electrons. The standard InChI is InChI=1S/C26H37N5O4/c1-3-30-21(15-18-9-10-19(16-23(18)30)25(27)28-34)12-11-20-7-5-14-31(20)26(33)22-8-6-13-29(22)17-24(32)35-4-2/h9-10,15-16,20,22,34H,3-8,11-14,17H2,1-2H3,(H2,27,28)/t20-,22+/m0/s1. The van der Waals surface area contributed by atoms with E-state index in [2.05, 4.69) is 27.6 Å². The summed E-state index contributed by atoms with van der Waals surface area (Å²) in [7, 11) is 0. The number of esters is 1. The molecular formula is C26H37N5O4. The number of amidine groups is 1. The summed E-state index contributed by atoms with van der Waals surface area (Å²) in [5.41, 5.74) is 8.77. The number of fused-ring (bicyclic) bond motifs is 1. The molecule has 2 atom stereocenters. The number of nitrogens with zero attached hydrogens (tertiary/aromatic N) is 4. The molecule has 2 fully saturated rings. The fourth-order valence-electron chi connectivity index (χ4n) is 5.71. The Morgan fingerprint density at radius 3 is 2.71 bits per heavy atom. The van der Waals surface area contributed by atoms with Gasteiger partial charge in [0.05, 0.1) is 19.2 Å². The molecule has 4 rings (SSSR count). The topological polar surface area (TPSA) is 113 Å². The Bertz CT molecular complexity index is 1090. The summed E-state index contributed by atoms with van der Waals surface area (Å²) in [6.45, 7) is 6.82. The second-order valence-corrected chi connectivity index (χ2v) is 9.44. The normalized spacial score (nSPS) is 21.2. The molecule has 9 heteroatoms. The first kappa shape index (κ1) is 25.0. The number of hydrogen-bond donors (Lipinski definition) is 2. The number of ether oxygens (including phenoxy) is 1. The van der Waals surface area contributed by atoms with Gasteiger partial charge in [0.25, 0.3) is 0 Å². The first-order chi connectivity index (χ1) is 17.0. The van der Waals surface area contributed by atoms with Gasteiger partial charge < -0.3 is 25.1 Å². The van der Waals surface area contributed by atoms with Crippen LogP contribution in [0.5, 0.6) is 0 Å². The molecule has 1 amide bonds. The summed E-state index contributed by atoms with van der Waals surface area (Å²) in [6, 6.07) is 8.02. The molecule has 2 aliphatic heterocycles. The van der Waals surface area contributed by atoms with Crippen molar-refractivity contribution in [1.82, 2.24) is 14.4 Å². The van der Waals surface area contributed by atoms with Crippen molar-refractivity contribution in [2.45, 2.75) is 71.0 Å². The molecule has 3 heterocycles. The Balaban J connectivity index is 1.45. The Morgan fingerprint density at radius 2 is 1.97 bits per heavy atom. The summed E-state index contributed by atoms with van der Waals surface area (Å²) < 4.78 is 7.37. The van der Waals surface area contributed by atoms with Crippen LogP contribution in [0.25, 0.3) is 10.9 Å².